The molecule has 0 unspecified atom stereocenters. The van der Waals surface area contributed by atoms with Gasteiger partial charge in [0.05, 0.1) is 41.2 Å². The summed E-state index contributed by atoms with van der Waals surface area (Å²) in [5.74, 6) is 0.746. The number of nitrogens with zero attached hydrogens (tertiary/aromatic N) is 3. The number of nitrogens with one attached hydrogen (secondary N) is 1. The quantitative estimate of drug-likeness (QED) is 0.548. The fourth-order valence-corrected chi connectivity index (χ4v) is 5.38. The predicted octanol–water partition coefficient (Wildman–Crippen LogP) is 4.05. The van der Waals surface area contributed by atoms with Crippen molar-refractivity contribution >= 4 is 28.3 Å². The minimum absolute atomic E-state index is 0. The van der Waals surface area contributed by atoms with E-state index in [0.29, 0.717) is 16.4 Å². The molecule has 3 aromatic rings. The lowest BCUT2D eigenvalue weighted by molar-refractivity contribution is 0.0973. The number of rotatable bonds is 3. The zero-order valence-electron chi connectivity index (χ0n) is 17.9. The Balaban J connectivity index is 0.00000245. The highest BCUT2D eigenvalue weighted by molar-refractivity contribution is 6.37. The minimum Gasteiger partial charge on any atom is -0.390 e. The number of ether oxygens (including phenoxy) is 1. The van der Waals surface area contributed by atoms with Crippen molar-refractivity contribution in [1.29, 1.82) is 0 Å². The fraction of sp³-hybridized carbons (Fsp3) is 0.500. The van der Waals surface area contributed by atoms with Crippen molar-refractivity contribution in [3.8, 4) is 11.3 Å². The molecule has 2 atom stereocenters. The maximum atomic E-state index is 10.1. The van der Waals surface area contributed by atoms with Crippen molar-refractivity contribution in [3.63, 3.8) is 0 Å². The number of benzene rings is 1. The highest BCUT2D eigenvalue weighted by Crippen LogP contribution is 2.42. The van der Waals surface area contributed by atoms with Crippen LogP contribution in [0.3, 0.4) is 0 Å². The molecule has 4 heterocycles. The lowest BCUT2D eigenvalue weighted by Gasteiger charge is -2.42. The van der Waals surface area contributed by atoms with E-state index in [1.54, 1.807) is 0 Å². The van der Waals surface area contributed by atoms with Gasteiger partial charge in [-0.05, 0) is 32.8 Å². The fourth-order valence-electron chi connectivity index (χ4n) is 5.07. The molecule has 172 valence electrons. The highest BCUT2D eigenvalue weighted by atomic mass is 35.5. The summed E-state index contributed by atoms with van der Waals surface area (Å²) in [5.41, 5.74) is 10.2. The lowest BCUT2D eigenvalue weighted by atomic mass is 9.73. The molecule has 1 aromatic carbocycles. The molecule has 7 nitrogen and oxygen atoms in total. The number of nitrogens with two attached hydrogens (primary N) is 1. The molecule has 2 saturated heterocycles. The maximum absolute atomic E-state index is 10.1. The van der Waals surface area contributed by atoms with E-state index < -0.39 is 0 Å². The number of aliphatic hydroxyl groups is 1. The summed E-state index contributed by atoms with van der Waals surface area (Å²) >= 11 is 6.67. The van der Waals surface area contributed by atoms with Crippen molar-refractivity contribution in [3.05, 3.63) is 40.8 Å². The zero-order chi connectivity index (χ0) is 21.8. The SMILES string of the molecule is C.Cc1nc(N2CCC3(CC2)CO[C@@H](C)[C@H]3N)c(CO)nc1-c1ccc2cc[nH]c2c1Cl. The number of aromatic amines is 1. The Hall–Kier alpha value is -2.19. The van der Waals surface area contributed by atoms with Gasteiger partial charge in [-0.2, -0.15) is 0 Å². The summed E-state index contributed by atoms with van der Waals surface area (Å²) in [6, 6.07) is 6.02. The molecule has 2 fully saturated rings. The molecule has 5 rings (SSSR count). The van der Waals surface area contributed by atoms with Crippen molar-refractivity contribution < 1.29 is 9.84 Å². The molecule has 2 aromatic heterocycles. The van der Waals surface area contributed by atoms with E-state index in [-0.39, 0.29) is 31.6 Å². The van der Waals surface area contributed by atoms with Gasteiger partial charge in [-0.25, -0.2) is 9.97 Å². The first-order chi connectivity index (χ1) is 14.9. The molecule has 2 aliphatic heterocycles. The Morgan fingerprint density at radius 3 is 2.69 bits per heavy atom. The van der Waals surface area contributed by atoms with E-state index in [4.69, 9.17) is 32.0 Å². The van der Waals surface area contributed by atoms with Gasteiger partial charge in [0.2, 0.25) is 0 Å². The molecule has 32 heavy (non-hydrogen) atoms. The summed E-state index contributed by atoms with van der Waals surface area (Å²) in [7, 11) is 0. The van der Waals surface area contributed by atoms with Crippen LogP contribution in [0.5, 0.6) is 0 Å². The third kappa shape index (κ3) is 3.57. The first-order valence-electron chi connectivity index (χ1n) is 10.8. The van der Waals surface area contributed by atoms with Gasteiger partial charge in [-0.1, -0.05) is 31.2 Å². The number of halogens is 1. The van der Waals surface area contributed by atoms with E-state index in [1.807, 2.05) is 31.3 Å². The normalized spacial score (nSPS) is 22.5. The first kappa shape index (κ1) is 23.0. The van der Waals surface area contributed by atoms with Crippen LogP contribution in [-0.4, -0.2) is 51.9 Å². The summed E-state index contributed by atoms with van der Waals surface area (Å²) in [6.07, 6.45) is 3.86. The van der Waals surface area contributed by atoms with E-state index in [9.17, 15) is 5.11 Å². The molecule has 1 spiro atoms. The van der Waals surface area contributed by atoms with Gasteiger partial charge in [0.25, 0.3) is 0 Å². The van der Waals surface area contributed by atoms with Gasteiger partial charge in [0, 0.05) is 41.7 Å². The largest absolute Gasteiger partial charge is 0.390 e. The molecule has 0 saturated carbocycles. The van der Waals surface area contributed by atoms with Crippen LogP contribution in [-0.2, 0) is 11.3 Å². The summed E-state index contributed by atoms with van der Waals surface area (Å²) in [5, 5.41) is 11.8. The van der Waals surface area contributed by atoms with Crippen molar-refractivity contribution in [2.45, 2.75) is 52.9 Å². The van der Waals surface area contributed by atoms with Crippen LogP contribution < -0.4 is 10.6 Å². The van der Waals surface area contributed by atoms with Crippen LogP contribution in [0, 0.1) is 12.3 Å². The average molecular weight is 458 g/mol. The molecule has 4 N–H and O–H groups in total. The third-order valence-electron chi connectivity index (χ3n) is 7.10. The lowest BCUT2D eigenvalue weighted by Crippen LogP contribution is -2.51. The Labute approximate surface area is 194 Å². The summed E-state index contributed by atoms with van der Waals surface area (Å²) in [6.45, 7) is 6.17. The van der Waals surface area contributed by atoms with Gasteiger partial charge in [-0.3, -0.25) is 0 Å². The molecule has 0 bridgehead atoms. The minimum atomic E-state index is -0.181. The Morgan fingerprint density at radius 1 is 1.28 bits per heavy atom. The van der Waals surface area contributed by atoms with Crippen LogP contribution in [0.25, 0.3) is 22.2 Å². The predicted molar refractivity (Wildman–Crippen MR) is 129 cm³/mol. The molecule has 0 amide bonds. The van der Waals surface area contributed by atoms with E-state index in [1.165, 1.54) is 0 Å². The van der Waals surface area contributed by atoms with Gasteiger partial charge < -0.3 is 25.5 Å². The van der Waals surface area contributed by atoms with Gasteiger partial charge in [0.1, 0.15) is 5.69 Å². The van der Waals surface area contributed by atoms with Crippen molar-refractivity contribution in [2.75, 3.05) is 24.6 Å². The smallest absolute Gasteiger partial charge is 0.153 e. The number of H-pyrrole nitrogens is 1. The Morgan fingerprint density at radius 2 is 2.03 bits per heavy atom. The van der Waals surface area contributed by atoms with Crippen LogP contribution in [0.1, 0.15) is 38.6 Å². The monoisotopic (exact) mass is 457 g/mol. The number of hydrogen-bond acceptors (Lipinski definition) is 6. The van der Waals surface area contributed by atoms with Gasteiger partial charge >= 0.3 is 0 Å². The Kier molecular flexibility index (Phi) is 6.20. The van der Waals surface area contributed by atoms with Crippen LogP contribution in [0.4, 0.5) is 5.82 Å². The number of piperidine rings is 1. The molecular formula is C24H32ClN5O2. The number of hydrogen-bond donors (Lipinski definition) is 3. The number of fused-ring (bicyclic) bond motifs is 1. The number of aromatic nitrogens is 3. The average Bonchev–Trinajstić information content (AvgIpc) is 3.37. The molecular weight excluding hydrogens is 426 g/mol. The van der Waals surface area contributed by atoms with E-state index in [2.05, 4.69) is 16.8 Å². The van der Waals surface area contributed by atoms with Crippen LogP contribution >= 0.6 is 11.6 Å². The second-order valence-electron chi connectivity index (χ2n) is 8.85. The molecule has 2 aliphatic rings. The summed E-state index contributed by atoms with van der Waals surface area (Å²) < 4.78 is 5.84. The topological polar surface area (TPSA) is 100 Å². The van der Waals surface area contributed by atoms with Gasteiger partial charge in [-0.15, -0.1) is 0 Å². The second kappa shape index (κ2) is 8.63. The first-order valence-corrected chi connectivity index (χ1v) is 11.2. The number of anilines is 1. The van der Waals surface area contributed by atoms with E-state index >= 15 is 0 Å². The van der Waals surface area contributed by atoms with Gasteiger partial charge in [0.15, 0.2) is 5.82 Å². The highest BCUT2D eigenvalue weighted by Gasteiger charge is 2.47. The third-order valence-corrected chi connectivity index (χ3v) is 7.49. The maximum Gasteiger partial charge on any atom is 0.153 e. The number of aryl methyl sites for hydroxylation is 1. The van der Waals surface area contributed by atoms with E-state index in [0.717, 1.165) is 60.5 Å². The van der Waals surface area contributed by atoms with Crippen molar-refractivity contribution in [2.24, 2.45) is 11.1 Å². The molecule has 0 radical (unpaired) electrons. The number of aliphatic hydroxyl groups excluding tert-OH is 1. The van der Waals surface area contributed by atoms with Crippen LogP contribution in [0.2, 0.25) is 5.02 Å². The van der Waals surface area contributed by atoms with Crippen LogP contribution in [0.15, 0.2) is 24.4 Å². The summed E-state index contributed by atoms with van der Waals surface area (Å²) in [4.78, 5) is 15.1. The molecule has 0 aliphatic carbocycles. The zero-order valence-corrected chi connectivity index (χ0v) is 18.6. The molecule has 8 heteroatoms. The van der Waals surface area contributed by atoms with Crippen molar-refractivity contribution in [1.82, 2.24) is 15.0 Å². The Bertz CT molecular complexity index is 1120. The standard InChI is InChI=1S/C23H28ClN5O2.CH4/c1-13-19(16-4-3-15-5-8-26-20(15)18(16)24)28-17(11-30)22(27-13)29-9-6-23(7-10-29)12-31-14(2)21(23)25;/h3-5,8,14,21,26,30H,6-7,9-12,25H2,1-2H3;1H4/t14-,21+;/m0./s1. The second-order valence-corrected chi connectivity index (χ2v) is 9.22.